The zero-order valence-electron chi connectivity index (χ0n) is 14.4. The molecular weight excluding hydrogens is 320 g/mol. The molecule has 0 bridgehead atoms. The maximum Gasteiger partial charge on any atom is 0.260 e. The number of nitrogens with one attached hydrogen (secondary N) is 3. The summed E-state index contributed by atoms with van der Waals surface area (Å²) in [5.74, 6) is 1.16. The number of carbonyl (C=O) groups is 1. The van der Waals surface area contributed by atoms with Gasteiger partial charge in [-0.3, -0.25) is 10.2 Å². The quantitative estimate of drug-likeness (QED) is 0.678. The Morgan fingerprint density at radius 2 is 2.04 bits per heavy atom. The minimum absolute atomic E-state index is 0.00983. The van der Waals surface area contributed by atoms with Gasteiger partial charge in [-0.05, 0) is 37.0 Å². The third kappa shape index (κ3) is 5.35. The molecular formula is C18H26N4O3. The van der Waals surface area contributed by atoms with Gasteiger partial charge < -0.3 is 25.0 Å². The molecule has 0 saturated carbocycles. The number of amides is 1. The Balaban J connectivity index is 1.36. The van der Waals surface area contributed by atoms with E-state index in [4.69, 9.17) is 14.9 Å². The highest BCUT2D eigenvalue weighted by Gasteiger charge is 2.17. The summed E-state index contributed by atoms with van der Waals surface area (Å²) in [6.07, 6.45) is 3.11. The molecule has 2 saturated heterocycles. The van der Waals surface area contributed by atoms with E-state index in [0.29, 0.717) is 38.3 Å². The number of guanidine groups is 1. The second kappa shape index (κ2) is 8.71. The molecule has 2 aliphatic heterocycles. The minimum Gasteiger partial charge on any atom is -0.484 e. The number of carbonyl (C=O) groups excluding carboxylic acids is 1. The average Bonchev–Trinajstić information content (AvgIpc) is 3.07. The van der Waals surface area contributed by atoms with Gasteiger partial charge in [-0.25, -0.2) is 0 Å². The normalized spacial score (nSPS) is 20.1. The number of nitrogens with zero attached hydrogens (tertiary/aromatic N) is 1. The van der Waals surface area contributed by atoms with E-state index < -0.39 is 0 Å². The van der Waals surface area contributed by atoms with Crippen LogP contribution in [-0.4, -0.2) is 62.3 Å². The van der Waals surface area contributed by atoms with Gasteiger partial charge in [0.2, 0.25) is 0 Å². The number of rotatable bonds is 7. The van der Waals surface area contributed by atoms with E-state index in [1.807, 2.05) is 12.1 Å². The topological polar surface area (TPSA) is 86.7 Å². The molecule has 1 amide bonds. The summed E-state index contributed by atoms with van der Waals surface area (Å²) < 4.78 is 10.8. The molecule has 1 aromatic carbocycles. The van der Waals surface area contributed by atoms with Crippen LogP contribution in [-0.2, 0) is 16.0 Å². The number of morpholine rings is 1. The first-order chi connectivity index (χ1) is 12.2. The molecule has 2 heterocycles. The van der Waals surface area contributed by atoms with E-state index >= 15 is 0 Å². The standard InChI is InChI=1S/C18H26N4O3/c19-18-20-12-15(21-18)3-1-2-14-4-6-16(7-5-14)25-13-17(23)22-8-10-24-11-9-22/h4-7,15H,1-3,8-13H2,(H3,19,20,21)/t15-/m1/s1. The molecule has 25 heavy (non-hydrogen) atoms. The Kier molecular flexibility index (Phi) is 6.11. The Labute approximate surface area is 148 Å². The van der Waals surface area contributed by atoms with E-state index in [9.17, 15) is 4.79 Å². The van der Waals surface area contributed by atoms with Gasteiger partial charge in [0.15, 0.2) is 12.6 Å². The third-order valence-corrected chi connectivity index (χ3v) is 4.54. The van der Waals surface area contributed by atoms with E-state index in [0.717, 1.165) is 31.6 Å². The average molecular weight is 346 g/mol. The molecule has 136 valence electrons. The molecule has 0 spiro atoms. The third-order valence-electron chi connectivity index (χ3n) is 4.54. The summed E-state index contributed by atoms with van der Waals surface area (Å²) in [7, 11) is 0. The van der Waals surface area contributed by atoms with Crippen molar-refractivity contribution < 1.29 is 14.3 Å². The van der Waals surface area contributed by atoms with Gasteiger partial charge in [-0.1, -0.05) is 12.1 Å². The number of benzene rings is 1. The largest absolute Gasteiger partial charge is 0.484 e. The first-order valence-corrected chi connectivity index (χ1v) is 8.87. The van der Waals surface area contributed by atoms with Crippen LogP contribution in [0.1, 0.15) is 18.4 Å². The van der Waals surface area contributed by atoms with Crippen molar-refractivity contribution >= 4 is 11.9 Å². The van der Waals surface area contributed by atoms with Gasteiger partial charge in [-0.15, -0.1) is 0 Å². The van der Waals surface area contributed by atoms with Crippen molar-refractivity contribution in [3.63, 3.8) is 0 Å². The van der Waals surface area contributed by atoms with Crippen LogP contribution < -0.4 is 15.4 Å². The molecule has 1 aromatic rings. The van der Waals surface area contributed by atoms with Gasteiger partial charge in [0.05, 0.1) is 13.2 Å². The van der Waals surface area contributed by atoms with E-state index in [-0.39, 0.29) is 12.5 Å². The van der Waals surface area contributed by atoms with Gasteiger partial charge in [-0.2, -0.15) is 0 Å². The van der Waals surface area contributed by atoms with Crippen LogP contribution in [0.15, 0.2) is 24.3 Å². The molecule has 0 radical (unpaired) electrons. The maximum absolute atomic E-state index is 12.0. The lowest BCUT2D eigenvalue weighted by molar-refractivity contribution is -0.137. The van der Waals surface area contributed by atoms with Crippen molar-refractivity contribution in [3.8, 4) is 5.75 Å². The van der Waals surface area contributed by atoms with Crippen molar-refractivity contribution in [1.82, 2.24) is 15.5 Å². The summed E-state index contributed by atoms with van der Waals surface area (Å²) >= 11 is 0. The first-order valence-electron chi connectivity index (χ1n) is 8.87. The molecule has 2 fully saturated rings. The highest BCUT2D eigenvalue weighted by atomic mass is 16.5. The monoisotopic (exact) mass is 346 g/mol. The van der Waals surface area contributed by atoms with Crippen molar-refractivity contribution in [3.05, 3.63) is 29.8 Å². The highest BCUT2D eigenvalue weighted by Crippen LogP contribution is 2.15. The highest BCUT2D eigenvalue weighted by molar-refractivity contribution is 5.79. The fourth-order valence-corrected chi connectivity index (χ4v) is 3.06. The van der Waals surface area contributed by atoms with Crippen LogP contribution in [0.5, 0.6) is 5.75 Å². The fraction of sp³-hybridized carbons (Fsp3) is 0.556. The Bertz CT molecular complexity index is 584. The predicted octanol–water partition coefficient (Wildman–Crippen LogP) is 0.743. The van der Waals surface area contributed by atoms with E-state index in [2.05, 4.69) is 22.8 Å². The lowest BCUT2D eigenvalue weighted by Crippen LogP contribution is -2.42. The van der Waals surface area contributed by atoms with Crippen molar-refractivity contribution in [2.75, 3.05) is 39.5 Å². The predicted molar refractivity (Wildman–Crippen MR) is 94.9 cm³/mol. The van der Waals surface area contributed by atoms with Crippen molar-refractivity contribution in [1.29, 1.82) is 5.41 Å². The van der Waals surface area contributed by atoms with Crippen LogP contribution in [0.3, 0.4) is 0 Å². The Hall–Kier alpha value is -2.28. The number of aryl methyl sites for hydroxylation is 1. The zero-order valence-corrected chi connectivity index (χ0v) is 14.4. The number of hydrogen-bond donors (Lipinski definition) is 3. The van der Waals surface area contributed by atoms with Crippen LogP contribution in [0, 0.1) is 5.41 Å². The number of ether oxygens (including phenoxy) is 2. The van der Waals surface area contributed by atoms with Gasteiger partial charge in [0.25, 0.3) is 5.91 Å². The smallest absolute Gasteiger partial charge is 0.260 e. The number of hydrogen-bond acceptors (Lipinski definition) is 4. The van der Waals surface area contributed by atoms with E-state index in [1.165, 1.54) is 5.56 Å². The van der Waals surface area contributed by atoms with Crippen LogP contribution in [0.2, 0.25) is 0 Å². The summed E-state index contributed by atoms with van der Waals surface area (Å²) in [6, 6.07) is 8.31. The molecule has 3 N–H and O–H groups in total. The minimum atomic E-state index is 0.00983. The van der Waals surface area contributed by atoms with Gasteiger partial charge >= 0.3 is 0 Å². The van der Waals surface area contributed by atoms with Crippen molar-refractivity contribution in [2.24, 2.45) is 0 Å². The summed E-state index contributed by atoms with van der Waals surface area (Å²) in [5, 5.41) is 13.6. The molecule has 0 unspecified atom stereocenters. The SMILES string of the molecule is N=C1NC[C@@H](CCCc2ccc(OCC(=O)N3CCOCC3)cc2)N1. The summed E-state index contributed by atoms with van der Waals surface area (Å²) in [5.41, 5.74) is 1.26. The Morgan fingerprint density at radius 3 is 2.72 bits per heavy atom. The van der Waals surface area contributed by atoms with Crippen molar-refractivity contribution in [2.45, 2.75) is 25.3 Å². The van der Waals surface area contributed by atoms with Gasteiger partial charge in [0, 0.05) is 25.7 Å². The summed E-state index contributed by atoms with van der Waals surface area (Å²) in [4.78, 5) is 13.8. The first kappa shape index (κ1) is 17.5. The van der Waals surface area contributed by atoms with Crippen LogP contribution >= 0.6 is 0 Å². The molecule has 1 atom stereocenters. The second-order valence-electron chi connectivity index (χ2n) is 6.42. The molecule has 0 aromatic heterocycles. The Morgan fingerprint density at radius 1 is 1.28 bits per heavy atom. The van der Waals surface area contributed by atoms with Crippen LogP contribution in [0.25, 0.3) is 0 Å². The molecule has 7 heteroatoms. The maximum atomic E-state index is 12.0. The van der Waals surface area contributed by atoms with Crippen LogP contribution in [0.4, 0.5) is 0 Å². The fourth-order valence-electron chi connectivity index (χ4n) is 3.06. The molecule has 3 rings (SSSR count). The lowest BCUT2D eigenvalue weighted by Gasteiger charge is -2.26. The molecule has 0 aliphatic carbocycles. The summed E-state index contributed by atoms with van der Waals surface area (Å²) in [6.45, 7) is 3.41. The van der Waals surface area contributed by atoms with Gasteiger partial charge in [0.1, 0.15) is 5.75 Å². The molecule has 7 nitrogen and oxygen atoms in total. The lowest BCUT2D eigenvalue weighted by atomic mass is 10.1. The van der Waals surface area contributed by atoms with E-state index in [1.54, 1.807) is 4.90 Å². The second-order valence-corrected chi connectivity index (χ2v) is 6.42. The molecule has 2 aliphatic rings. The zero-order chi connectivity index (χ0) is 17.5.